The first-order valence-corrected chi connectivity index (χ1v) is 12.7. The zero-order valence-electron chi connectivity index (χ0n) is 19.5. The molecule has 0 amide bonds. The van der Waals surface area contributed by atoms with E-state index in [2.05, 4.69) is 25.5 Å². The van der Waals surface area contributed by atoms with Gasteiger partial charge >= 0.3 is 0 Å². The van der Waals surface area contributed by atoms with E-state index in [-0.39, 0.29) is 16.5 Å². The molecule has 1 aliphatic rings. The fourth-order valence-corrected chi connectivity index (χ4v) is 5.36. The van der Waals surface area contributed by atoms with E-state index < -0.39 is 10.0 Å². The number of hydrogen-bond donors (Lipinski definition) is 1. The number of nitrogens with zero attached hydrogens (tertiary/aromatic N) is 5. The molecule has 1 aliphatic heterocycles. The van der Waals surface area contributed by atoms with Crippen molar-refractivity contribution in [2.75, 3.05) is 39.5 Å². The largest absolute Gasteiger partial charge is 0.488 e. The summed E-state index contributed by atoms with van der Waals surface area (Å²) in [7, 11) is -3.85. The van der Waals surface area contributed by atoms with Gasteiger partial charge in [0.05, 0.1) is 18.1 Å². The summed E-state index contributed by atoms with van der Waals surface area (Å²) in [6.45, 7) is 7.96. The van der Waals surface area contributed by atoms with Gasteiger partial charge < -0.3 is 13.9 Å². The predicted octanol–water partition coefficient (Wildman–Crippen LogP) is 2.49. The minimum atomic E-state index is -3.85. The molecule has 0 radical (unpaired) electrons. The zero-order chi connectivity index (χ0) is 24.4. The van der Waals surface area contributed by atoms with Crippen molar-refractivity contribution in [2.24, 2.45) is 0 Å². The van der Waals surface area contributed by atoms with E-state index in [9.17, 15) is 8.42 Å². The molecule has 4 aromatic rings. The van der Waals surface area contributed by atoms with Crippen LogP contribution in [0, 0.1) is 13.8 Å². The number of ether oxygens (including phenoxy) is 2. The smallest absolute Gasteiger partial charge is 0.268 e. The maximum Gasteiger partial charge on any atom is 0.268 e. The van der Waals surface area contributed by atoms with Crippen molar-refractivity contribution in [1.82, 2.24) is 29.5 Å². The second-order valence-electron chi connectivity index (χ2n) is 8.30. The highest BCUT2D eigenvalue weighted by atomic mass is 32.2. The Kier molecular flexibility index (Phi) is 6.41. The van der Waals surface area contributed by atoms with E-state index in [0.717, 1.165) is 24.2 Å². The monoisotopic (exact) mass is 498 g/mol. The quantitative estimate of drug-likeness (QED) is 0.389. The molecular formula is C23H26N6O5S. The van der Waals surface area contributed by atoms with Crippen molar-refractivity contribution in [3.8, 4) is 28.8 Å². The Hall–Kier alpha value is -3.48. The zero-order valence-corrected chi connectivity index (χ0v) is 20.3. The minimum Gasteiger partial charge on any atom is -0.488 e. The Morgan fingerprint density at radius 1 is 1.11 bits per heavy atom. The Morgan fingerprint density at radius 2 is 1.89 bits per heavy atom. The third kappa shape index (κ3) is 4.72. The summed E-state index contributed by atoms with van der Waals surface area (Å²) in [6.07, 6.45) is 1.52. The van der Waals surface area contributed by atoms with Crippen LogP contribution >= 0.6 is 0 Å². The number of hydrogen-bond acceptors (Lipinski definition) is 9. The average molecular weight is 499 g/mol. The molecular weight excluding hydrogens is 472 g/mol. The molecule has 11 nitrogen and oxygen atoms in total. The molecule has 0 saturated carbocycles. The van der Waals surface area contributed by atoms with Crippen LogP contribution in [0.2, 0.25) is 0 Å². The van der Waals surface area contributed by atoms with Crippen LogP contribution in [0.5, 0.6) is 5.75 Å². The van der Waals surface area contributed by atoms with Gasteiger partial charge in [0.1, 0.15) is 12.3 Å². The minimum absolute atomic E-state index is 0.187. The van der Waals surface area contributed by atoms with Crippen LogP contribution in [-0.4, -0.2) is 77.4 Å². The number of aromatic nitrogens is 5. The Morgan fingerprint density at radius 3 is 2.60 bits per heavy atom. The fraction of sp³-hybridized carbons (Fsp3) is 0.348. The number of aryl methyl sites for hydroxylation is 2. The highest BCUT2D eigenvalue weighted by Crippen LogP contribution is 2.38. The van der Waals surface area contributed by atoms with Gasteiger partial charge in [-0.3, -0.25) is 4.90 Å². The third-order valence-electron chi connectivity index (χ3n) is 5.88. The summed E-state index contributed by atoms with van der Waals surface area (Å²) in [5, 5.41) is 14.1. The average Bonchev–Trinajstić information content (AvgIpc) is 3.60. The summed E-state index contributed by atoms with van der Waals surface area (Å²) in [5.74, 6) is 1.23. The van der Waals surface area contributed by atoms with Crippen molar-refractivity contribution in [1.29, 1.82) is 0 Å². The van der Waals surface area contributed by atoms with Gasteiger partial charge in [0.15, 0.2) is 11.5 Å². The summed E-state index contributed by atoms with van der Waals surface area (Å²) < 4.78 is 45.7. The van der Waals surface area contributed by atoms with Crippen molar-refractivity contribution in [3.05, 3.63) is 53.7 Å². The molecule has 12 heteroatoms. The van der Waals surface area contributed by atoms with Gasteiger partial charge in [0.25, 0.3) is 10.0 Å². The Balaban J connectivity index is 1.49. The molecule has 3 aromatic heterocycles. The van der Waals surface area contributed by atoms with Crippen molar-refractivity contribution >= 4 is 10.0 Å². The maximum absolute atomic E-state index is 13.5. The molecule has 0 atom stereocenters. The van der Waals surface area contributed by atoms with Crippen LogP contribution in [0.4, 0.5) is 0 Å². The molecule has 0 aliphatic carbocycles. The van der Waals surface area contributed by atoms with Gasteiger partial charge in [-0.25, -0.2) is 12.4 Å². The number of aromatic amines is 1. The Labute approximate surface area is 202 Å². The van der Waals surface area contributed by atoms with Crippen LogP contribution in [0.3, 0.4) is 0 Å². The van der Waals surface area contributed by atoms with Crippen molar-refractivity contribution in [2.45, 2.75) is 18.7 Å². The number of benzene rings is 1. The molecule has 0 unspecified atom stereocenters. The first-order valence-electron chi connectivity index (χ1n) is 11.2. The van der Waals surface area contributed by atoms with E-state index in [4.69, 9.17) is 13.9 Å². The normalized spacial score (nSPS) is 14.9. The standard InChI is InChI=1S/C23H26N6O5S/c1-16-3-5-18(6-4-16)35(30,31)29-8-7-17(2)21(29)19-15-20(22(34-19)23-24-26-27-25-23)33-14-11-28-9-12-32-13-10-28/h3-8,15H,9-14H2,1-2H3,(H,24,25,26,27). The van der Waals surface area contributed by atoms with E-state index in [0.29, 0.717) is 43.6 Å². The molecule has 1 saturated heterocycles. The third-order valence-corrected chi connectivity index (χ3v) is 7.57. The molecule has 1 fully saturated rings. The van der Waals surface area contributed by atoms with Crippen LogP contribution in [0.1, 0.15) is 11.1 Å². The molecule has 0 spiro atoms. The van der Waals surface area contributed by atoms with Crippen molar-refractivity contribution in [3.63, 3.8) is 0 Å². The van der Waals surface area contributed by atoms with Crippen LogP contribution in [0.25, 0.3) is 23.0 Å². The highest BCUT2D eigenvalue weighted by molar-refractivity contribution is 7.90. The van der Waals surface area contributed by atoms with Crippen LogP contribution in [-0.2, 0) is 14.8 Å². The number of morpholine rings is 1. The Bertz CT molecular complexity index is 1390. The number of rotatable bonds is 8. The molecule has 1 N–H and O–H groups in total. The maximum atomic E-state index is 13.5. The summed E-state index contributed by atoms with van der Waals surface area (Å²) in [5.41, 5.74) is 2.11. The van der Waals surface area contributed by atoms with Gasteiger partial charge in [0.2, 0.25) is 11.6 Å². The van der Waals surface area contributed by atoms with E-state index in [1.165, 1.54) is 10.2 Å². The molecule has 4 heterocycles. The summed E-state index contributed by atoms with van der Waals surface area (Å²) >= 11 is 0. The lowest BCUT2D eigenvalue weighted by Crippen LogP contribution is -2.38. The SMILES string of the molecule is Cc1ccc(S(=O)(=O)n2ccc(C)c2-c2cc(OCCN3CCOCC3)c(-c3nn[nH]n3)o2)cc1. The lowest BCUT2D eigenvalue weighted by molar-refractivity contribution is 0.0322. The van der Waals surface area contributed by atoms with E-state index in [1.807, 2.05) is 13.8 Å². The number of nitrogens with one attached hydrogen (secondary N) is 1. The fourth-order valence-electron chi connectivity index (χ4n) is 3.96. The van der Waals surface area contributed by atoms with Crippen LogP contribution < -0.4 is 4.74 Å². The molecule has 0 bridgehead atoms. The van der Waals surface area contributed by atoms with Crippen molar-refractivity contribution < 1.29 is 22.3 Å². The van der Waals surface area contributed by atoms with E-state index in [1.54, 1.807) is 36.4 Å². The summed E-state index contributed by atoms with van der Waals surface area (Å²) in [6, 6.07) is 10.1. The predicted molar refractivity (Wildman–Crippen MR) is 127 cm³/mol. The molecule has 1 aromatic carbocycles. The van der Waals surface area contributed by atoms with E-state index >= 15 is 0 Å². The lowest BCUT2D eigenvalue weighted by atomic mass is 10.2. The molecule has 5 rings (SSSR count). The molecule has 184 valence electrons. The first-order chi connectivity index (χ1) is 16.9. The van der Waals surface area contributed by atoms with Crippen LogP contribution in [0.15, 0.2) is 51.9 Å². The second kappa shape index (κ2) is 9.64. The number of tetrazole rings is 1. The first kappa shape index (κ1) is 23.3. The van der Waals surface area contributed by atoms with Gasteiger partial charge in [0, 0.05) is 31.9 Å². The van der Waals surface area contributed by atoms with Gasteiger partial charge in [-0.15, -0.1) is 10.2 Å². The number of furan rings is 1. The number of H-pyrrole nitrogens is 1. The van der Waals surface area contributed by atoms with Gasteiger partial charge in [-0.05, 0) is 42.8 Å². The highest BCUT2D eigenvalue weighted by Gasteiger charge is 2.27. The molecule has 35 heavy (non-hydrogen) atoms. The second-order valence-corrected chi connectivity index (χ2v) is 10.1. The summed E-state index contributed by atoms with van der Waals surface area (Å²) in [4.78, 5) is 2.44. The van der Waals surface area contributed by atoms with Gasteiger partial charge in [-0.2, -0.15) is 5.21 Å². The van der Waals surface area contributed by atoms with Gasteiger partial charge in [-0.1, -0.05) is 17.7 Å². The topological polar surface area (TPSA) is 128 Å². The lowest BCUT2D eigenvalue weighted by Gasteiger charge is -2.26.